The molecule has 0 aromatic carbocycles. The molecule has 1 aromatic heterocycles. The number of likely N-dealkylation sites (tertiary alicyclic amines) is 1. The smallest absolute Gasteiger partial charge is 0.222 e. The zero-order valence-electron chi connectivity index (χ0n) is 14.2. The van der Waals surface area contributed by atoms with Crippen molar-refractivity contribution < 1.29 is 4.79 Å². The predicted molar refractivity (Wildman–Crippen MR) is 90.1 cm³/mol. The second-order valence-corrected chi connectivity index (χ2v) is 7.06. The van der Waals surface area contributed by atoms with Crippen molar-refractivity contribution in [3.8, 4) is 0 Å². The van der Waals surface area contributed by atoms with Gasteiger partial charge in [0.05, 0.1) is 6.20 Å². The van der Waals surface area contributed by atoms with Gasteiger partial charge in [-0.05, 0) is 37.8 Å². The standard InChI is InChI=1S/C17H29N5O/c1-20-7-9-21(10-8-20)13-16-3-2-6-22(14-16)17(23)5-4-15-11-18-19-12-15/h11-12,16H,2-10,13-14H2,1H3,(H,18,19). The summed E-state index contributed by atoms with van der Waals surface area (Å²) in [6, 6.07) is 0. The van der Waals surface area contributed by atoms with Crippen LogP contribution >= 0.6 is 0 Å². The summed E-state index contributed by atoms with van der Waals surface area (Å²) in [5.41, 5.74) is 1.12. The number of piperidine rings is 1. The van der Waals surface area contributed by atoms with Gasteiger partial charge in [0.2, 0.25) is 5.91 Å². The maximum atomic E-state index is 12.4. The lowest BCUT2D eigenvalue weighted by Crippen LogP contribution is -2.49. The van der Waals surface area contributed by atoms with Crippen LogP contribution in [0.25, 0.3) is 0 Å². The second-order valence-electron chi connectivity index (χ2n) is 7.06. The number of carbonyl (C=O) groups excluding carboxylic acids is 1. The number of rotatable bonds is 5. The van der Waals surface area contributed by atoms with E-state index in [9.17, 15) is 4.79 Å². The SMILES string of the molecule is CN1CCN(CC2CCCN(C(=O)CCc3cn[nH]c3)C2)CC1. The number of aryl methyl sites for hydroxylation is 1. The molecule has 1 aromatic rings. The highest BCUT2D eigenvalue weighted by atomic mass is 16.2. The number of H-pyrrole nitrogens is 1. The Morgan fingerprint density at radius 2 is 2.13 bits per heavy atom. The van der Waals surface area contributed by atoms with Gasteiger partial charge in [0.15, 0.2) is 0 Å². The van der Waals surface area contributed by atoms with Gasteiger partial charge < -0.3 is 14.7 Å². The van der Waals surface area contributed by atoms with Crippen LogP contribution in [0.4, 0.5) is 0 Å². The maximum absolute atomic E-state index is 12.4. The van der Waals surface area contributed by atoms with E-state index < -0.39 is 0 Å². The predicted octanol–water partition coefficient (Wildman–Crippen LogP) is 0.828. The van der Waals surface area contributed by atoms with Gasteiger partial charge in [0, 0.05) is 58.4 Å². The van der Waals surface area contributed by atoms with Gasteiger partial charge in [0.1, 0.15) is 0 Å². The Morgan fingerprint density at radius 1 is 1.30 bits per heavy atom. The van der Waals surface area contributed by atoms with Gasteiger partial charge in [-0.15, -0.1) is 0 Å². The summed E-state index contributed by atoms with van der Waals surface area (Å²) in [6.07, 6.45) is 7.47. The van der Waals surface area contributed by atoms with Crippen molar-refractivity contribution in [2.45, 2.75) is 25.7 Å². The Kier molecular flexibility index (Phi) is 5.67. The molecule has 6 heteroatoms. The van der Waals surface area contributed by atoms with E-state index in [2.05, 4.69) is 31.9 Å². The minimum Gasteiger partial charge on any atom is -0.342 e. The van der Waals surface area contributed by atoms with E-state index in [0.29, 0.717) is 18.2 Å². The third kappa shape index (κ3) is 4.78. The first-order valence-electron chi connectivity index (χ1n) is 8.87. The summed E-state index contributed by atoms with van der Waals surface area (Å²) in [4.78, 5) is 19.5. The molecule has 0 saturated carbocycles. The number of amides is 1. The highest BCUT2D eigenvalue weighted by molar-refractivity contribution is 5.76. The fourth-order valence-corrected chi connectivity index (χ4v) is 3.66. The molecular formula is C17H29N5O. The molecule has 1 N–H and O–H groups in total. The quantitative estimate of drug-likeness (QED) is 0.873. The molecule has 0 radical (unpaired) electrons. The molecule has 2 saturated heterocycles. The number of nitrogens with one attached hydrogen (secondary N) is 1. The largest absolute Gasteiger partial charge is 0.342 e. The van der Waals surface area contributed by atoms with Crippen LogP contribution in [0.3, 0.4) is 0 Å². The molecule has 1 atom stereocenters. The summed E-state index contributed by atoms with van der Waals surface area (Å²) in [6.45, 7) is 7.70. The average Bonchev–Trinajstić information content (AvgIpc) is 3.08. The second kappa shape index (κ2) is 7.93. The highest BCUT2D eigenvalue weighted by Gasteiger charge is 2.26. The molecule has 6 nitrogen and oxygen atoms in total. The molecule has 2 fully saturated rings. The number of carbonyl (C=O) groups is 1. The van der Waals surface area contributed by atoms with E-state index in [4.69, 9.17) is 0 Å². The van der Waals surface area contributed by atoms with Crippen molar-refractivity contribution in [3.05, 3.63) is 18.0 Å². The van der Waals surface area contributed by atoms with Crippen LogP contribution < -0.4 is 0 Å². The van der Waals surface area contributed by atoms with Gasteiger partial charge in [-0.2, -0.15) is 5.10 Å². The Hall–Kier alpha value is -1.40. The van der Waals surface area contributed by atoms with Crippen molar-refractivity contribution in [2.75, 3.05) is 52.9 Å². The molecule has 1 unspecified atom stereocenters. The molecule has 1 amide bonds. The van der Waals surface area contributed by atoms with Crippen LogP contribution in [0, 0.1) is 5.92 Å². The van der Waals surface area contributed by atoms with Gasteiger partial charge in [-0.1, -0.05) is 0 Å². The van der Waals surface area contributed by atoms with Crippen LogP contribution in [-0.2, 0) is 11.2 Å². The van der Waals surface area contributed by atoms with E-state index in [0.717, 1.165) is 38.0 Å². The molecule has 128 valence electrons. The van der Waals surface area contributed by atoms with Crippen molar-refractivity contribution in [1.82, 2.24) is 24.9 Å². The normalized spacial score (nSPS) is 24.0. The molecular weight excluding hydrogens is 290 g/mol. The molecule has 0 aliphatic carbocycles. The first kappa shape index (κ1) is 16.5. The Morgan fingerprint density at radius 3 is 2.87 bits per heavy atom. The molecule has 0 bridgehead atoms. The number of aromatic nitrogens is 2. The molecule has 3 rings (SSSR count). The van der Waals surface area contributed by atoms with Crippen LogP contribution in [0.5, 0.6) is 0 Å². The fraction of sp³-hybridized carbons (Fsp3) is 0.765. The Bertz CT molecular complexity index is 481. The molecule has 23 heavy (non-hydrogen) atoms. The first-order chi connectivity index (χ1) is 11.2. The summed E-state index contributed by atoms with van der Waals surface area (Å²) in [7, 11) is 2.19. The lowest BCUT2D eigenvalue weighted by Gasteiger charge is -2.38. The summed E-state index contributed by atoms with van der Waals surface area (Å²) >= 11 is 0. The summed E-state index contributed by atoms with van der Waals surface area (Å²) in [5, 5.41) is 6.74. The zero-order valence-corrected chi connectivity index (χ0v) is 14.2. The van der Waals surface area contributed by atoms with Gasteiger partial charge in [-0.25, -0.2) is 0 Å². The fourth-order valence-electron chi connectivity index (χ4n) is 3.66. The van der Waals surface area contributed by atoms with Crippen LogP contribution in [0.2, 0.25) is 0 Å². The minimum atomic E-state index is 0.300. The van der Waals surface area contributed by atoms with Crippen LogP contribution in [-0.4, -0.2) is 83.7 Å². The molecule has 3 heterocycles. The number of hydrogen-bond acceptors (Lipinski definition) is 4. The number of aromatic amines is 1. The zero-order chi connectivity index (χ0) is 16.1. The summed E-state index contributed by atoms with van der Waals surface area (Å²) in [5.74, 6) is 0.944. The lowest BCUT2D eigenvalue weighted by atomic mass is 9.96. The van der Waals surface area contributed by atoms with Crippen molar-refractivity contribution >= 4 is 5.91 Å². The van der Waals surface area contributed by atoms with Crippen molar-refractivity contribution in [1.29, 1.82) is 0 Å². The number of piperazine rings is 1. The highest BCUT2D eigenvalue weighted by Crippen LogP contribution is 2.19. The molecule has 2 aliphatic rings. The van der Waals surface area contributed by atoms with E-state index in [1.54, 1.807) is 6.20 Å². The number of likely N-dealkylation sites (N-methyl/N-ethyl adjacent to an activating group) is 1. The van der Waals surface area contributed by atoms with Crippen LogP contribution in [0.15, 0.2) is 12.4 Å². The third-order valence-corrected chi connectivity index (χ3v) is 5.17. The molecule has 0 spiro atoms. The lowest BCUT2D eigenvalue weighted by molar-refractivity contribution is -0.133. The van der Waals surface area contributed by atoms with E-state index in [-0.39, 0.29) is 0 Å². The third-order valence-electron chi connectivity index (χ3n) is 5.17. The van der Waals surface area contributed by atoms with E-state index >= 15 is 0 Å². The average molecular weight is 319 g/mol. The maximum Gasteiger partial charge on any atom is 0.222 e. The van der Waals surface area contributed by atoms with E-state index in [1.165, 1.54) is 32.6 Å². The van der Waals surface area contributed by atoms with Gasteiger partial charge in [0.25, 0.3) is 0 Å². The van der Waals surface area contributed by atoms with Crippen LogP contribution in [0.1, 0.15) is 24.8 Å². The molecule has 2 aliphatic heterocycles. The summed E-state index contributed by atoms with van der Waals surface area (Å²) < 4.78 is 0. The number of nitrogens with zero attached hydrogens (tertiary/aromatic N) is 4. The monoisotopic (exact) mass is 319 g/mol. The Balaban J connectivity index is 1.43. The minimum absolute atomic E-state index is 0.300. The van der Waals surface area contributed by atoms with Crippen molar-refractivity contribution in [3.63, 3.8) is 0 Å². The number of hydrogen-bond donors (Lipinski definition) is 1. The van der Waals surface area contributed by atoms with Crippen molar-refractivity contribution in [2.24, 2.45) is 5.92 Å². The van der Waals surface area contributed by atoms with E-state index in [1.807, 2.05) is 6.20 Å². The van der Waals surface area contributed by atoms with Gasteiger partial charge >= 0.3 is 0 Å². The first-order valence-corrected chi connectivity index (χ1v) is 8.87. The van der Waals surface area contributed by atoms with Gasteiger partial charge in [-0.3, -0.25) is 9.89 Å². The Labute approximate surface area is 138 Å². The topological polar surface area (TPSA) is 55.5 Å².